The molecular weight excluding hydrogens is 383 g/mol. The van der Waals surface area contributed by atoms with Gasteiger partial charge in [0, 0.05) is 34.6 Å². The number of aromatic amines is 1. The van der Waals surface area contributed by atoms with Gasteiger partial charge in [0.1, 0.15) is 5.02 Å². The minimum Gasteiger partial charge on any atom is -0.364 e. The molecular formula is C21H26Cl2N2O2. The van der Waals surface area contributed by atoms with Crippen LogP contribution in [-0.4, -0.2) is 10.9 Å². The van der Waals surface area contributed by atoms with E-state index in [0.29, 0.717) is 16.6 Å². The molecule has 1 unspecified atom stereocenters. The van der Waals surface area contributed by atoms with Crippen LogP contribution in [0.1, 0.15) is 44.7 Å². The molecule has 2 aromatic rings. The number of amides is 1. The van der Waals surface area contributed by atoms with Gasteiger partial charge in [-0.05, 0) is 49.9 Å². The Bertz CT molecular complexity index is 797. The molecule has 1 aromatic heterocycles. The van der Waals surface area contributed by atoms with Crippen LogP contribution in [0.5, 0.6) is 0 Å². The molecule has 1 saturated carbocycles. The largest absolute Gasteiger partial charge is 0.364 e. The summed E-state index contributed by atoms with van der Waals surface area (Å²) in [6.45, 7) is 3.80. The van der Waals surface area contributed by atoms with Gasteiger partial charge in [-0.2, -0.15) is 0 Å². The van der Waals surface area contributed by atoms with Crippen LogP contribution in [0.4, 0.5) is 5.69 Å². The van der Waals surface area contributed by atoms with Crippen LogP contribution in [0.25, 0.3) is 0 Å². The highest BCUT2D eigenvalue weighted by molar-refractivity contribution is 6.31. The van der Waals surface area contributed by atoms with Crippen molar-refractivity contribution in [1.82, 2.24) is 4.98 Å². The molecule has 0 radical (unpaired) electrons. The van der Waals surface area contributed by atoms with Gasteiger partial charge in [0.25, 0.3) is 0 Å². The molecule has 27 heavy (non-hydrogen) atoms. The first-order valence-electron chi connectivity index (χ1n) is 9.28. The Morgan fingerprint density at radius 3 is 2.30 bits per heavy atom. The predicted octanol–water partition coefficient (Wildman–Crippen LogP) is 5.83. The monoisotopic (exact) mass is 408 g/mol. The lowest BCUT2D eigenvalue weighted by Gasteiger charge is -2.26. The smallest absolute Gasteiger partial charge is 0.227 e. The summed E-state index contributed by atoms with van der Waals surface area (Å²) in [7, 11) is 0. The van der Waals surface area contributed by atoms with Crippen LogP contribution in [0.2, 0.25) is 10.0 Å². The molecule has 0 saturated heterocycles. The SMILES string of the molecule is CC(C(=O)Nc1ccc(Cl)cc1)C1CCCCC1.Cc1[nH]ccc(=O)c1Cl. The Morgan fingerprint density at radius 1 is 1.11 bits per heavy atom. The lowest BCUT2D eigenvalue weighted by Crippen LogP contribution is -2.28. The minimum atomic E-state index is -0.132. The Morgan fingerprint density at radius 2 is 1.74 bits per heavy atom. The van der Waals surface area contributed by atoms with E-state index in [9.17, 15) is 9.59 Å². The summed E-state index contributed by atoms with van der Waals surface area (Å²) in [5, 5.41) is 3.93. The maximum Gasteiger partial charge on any atom is 0.227 e. The molecule has 6 heteroatoms. The molecule has 2 N–H and O–H groups in total. The number of carbonyl (C=O) groups excluding carboxylic acids is 1. The molecule has 4 nitrogen and oxygen atoms in total. The van der Waals surface area contributed by atoms with Crippen molar-refractivity contribution in [2.75, 3.05) is 5.32 Å². The number of pyridine rings is 1. The number of aromatic nitrogens is 1. The first kappa shape index (κ1) is 21.5. The Balaban J connectivity index is 0.000000244. The molecule has 0 aliphatic heterocycles. The van der Waals surface area contributed by atoms with Gasteiger partial charge in [-0.15, -0.1) is 0 Å². The Hall–Kier alpha value is -1.78. The summed E-state index contributed by atoms with van der Waals surface area (Å²) in [4.78, 5) is 25.6. The van der Waals surface area contributed by atoms with Crippen LogP contribution < -0.4 is 10.7 Å². The number of H-pyrrole nitrogens is 1. The standard InChI is InChI=1S/C15H20ClNO.C6H6ClNO/c1-11(12-5-3-2-4-6-12)15(18)17-14-9-7-13(16)8-10-14;1-4-6(7)5(9)2-3-8-4/h7-12H,2-6H2,1H3,(H,17,18);2-3H,1H3,(H,8,9). The summed E-state index contributed by atoms with van der Waals surface area (Å²) >= 11 is 11.4. The van der Waals surface area contributed by atoms with Gasteiger partial charge in [0.15, 0.2) is 5.43 Å². The fraction of sp³-hybridized carbons (Fsp3) is 0.429. The van der Waals surface area contributed by atoms with E-state index in [2.05, 4.69) is 10.3 Å². The second kappa shape index (κ2) is 10.5. The van der Waals surface area contributed by atoms with Crippen molar-refractivity contribution in [2.45, 2.75) is 46.0 Å². The number of aryl methyl sites for hydroxylation is 1. The summed E-state index contributed by atoms with van der Waals surface area (Å²) in [5.74, 6) is 0.774. The fourth-order valence-corrected chi connectivity index (χ4v) is 3.44. The average molecular weight is 409 g/mol. The van der Waals surface area contributed by atoms with E-state index in [4.69, 9.17) is 23.2 Å². The van der Waals surface area contributed by atoms with Gasteiger partial charge in [-0.3, -0.25) is 9.59 Å². The second-order valence-corrected chi connectivity index (χ2v) is 7.78. The van der Waals surface area contributed by atoms with Gasteiger partial charge >= 0.3 is 0 Å². The van der Waals surface area contributed by atoms with Gasteiger partial charge in [-0.25, -0.2) is 0 Å². The van der Waals surface area contributed by atoms with Crippen LogP contribution in [-0.2, 0) is 4.79 Å². The van der Waals surface area contributed by atoms with Crippen molar-refractivity contribution in [3.05, 3.63) is 62.5 Å². The highest BCUT2D eigenvalue weighted by Gasteiger charge is 2.25. The van der Waals surface area contributed by atoms with Gasteiger partial charge < -0.3 is 10.3 Å². The summed E-state index contributed by atoms with van der Waals surface area (Å²) in [6, 6.07) is 8.67. The number of carbonyl (C=O) groups is 1. The van der Waals surface area contributed by atoms with Crippen LogP contribution >= 0.6 is 23.2 Å². The lowest BCUT2D eigenvalue weighted by molar-refractivity contribution is -0.121. The molecule has 0 bridgehead atoms. The van der Waals surface area contributed by atoms with Crippen molar-refractivity contribution < 1.29 is 4.79 Å². The quantitative estimate of drug-likeness (QED) is 0.670. The maximum atomic E-state index is 12.2. The average Bonchev–Trinajstić information content (AvgIpc) is 2.68. The van der Waals surface area contributed by atoms with Crippen LogP contribution in [0.3, 0.4) is 0 Å². The predicted molar refractivity (Wildman–Crippen MR) is 113 cm³/mol. The Kier molecular flexibility index (Phi) is 8.39. The fourth-order valence-electron chi connectivity index (χ4n) is 3.20. The van der Waals surface area contributed by atoms with Gasteiger partial charge in [-0.1, -0.05) is 49.4 Å². The molecule has 1 amide bonds. The normalized spacial score (nSPS) is 15.4. The molecule has 1 fully saturated rings. The number of hydrogen-bond donors (Lipinski definition) is 2. The highest BCUT2D eigenvalue weighted by Crippen LogP contribution is 2.30. The minimum absolute atomic E-state index is 0.0981. The molecule has 0 spiro atoms. The number of anilines is 1. The van der Waals surface area contributed by atoms with Gasteiger partial charge in [0.2, 0.25) is 5.91 Å². The van der Waals surface area contributed by atoms with E-state index in [-0.39, 0.29) is 22.3 Å². The van der Waals surface area contributed by atoms with E-state index < -0.39 is 0 Å². The topological polar surface area (TPSA) is 62.0 Å². The molecule has 146 valence electrons. The third-order valence-corrected chi connectivity index (χ3v) is 5.68. The van der Waals surface area contributed by atoms with Crippen LogP contribution in [0.15, 0.2) is 41.3 Å². The Labute approximate surface area is 170 Å². The van der Waals surface area contributed by atoms with Crippen molar-refractivity contribution in [3.63, 3.8) is 0 Å². The highest BCUT2D eigenvalue weighted by atomic mass is 35.5. The lowest BCUT2D eigenvalue weighted by atomic mass is 9.80. The third-order valence-electron chi connectivity index (χ3n) is 4.96. The van der Waals surface area contributed by atoms with Crippen LogP contribution in [0, 0.1) is 18.8 Å². The number of nitrogens with one attached hydrogen (secondary N) is 2. The zero-order valence-electron chi connectivity index (χ0n) is 15.7. The summed E-state index contributed by atoms with van der Waals surface area (Å²) < 4.78 is 0. The van der Waals surface area contributed by atoms with Crippen molar-refractivity contribution in [3.8, 4) is 0 Å². The van der Waals surface area contributed by atoms with Crippen molar-refractivity contribution in [2.24, 2.45) is 11.8 Å². The molecule has 3 rings (SSSR count). The number of rotatable bonds is 3. The molecule has 1 heterocycles. The number of halogens is 2. The van der Waals surface area contributed by atoms with E-state index in [1.54, 1.807) is 25.3 Å². The number of benzene rings is 1. The zero-order valence-corrected chi connectivity index (χ0v) is 17.2. The van der Waals surface area contributed by atoms with Gasteiger partial charge in [0.05, 0.1) is 0 Å². The van der Waals surface area contributed by atoms with E-state index in [1.807, 2.05) is 19.1 Å². The summed E-state index contributed by atoms with van der Waals surface area (Å²) in [6.07, 6.45) is 7.81. The molecule has 1 aliphatic carbocycles. The zero-order chi connectivity index (χ0) is 19.8. The van der Waals surface area contributed by atoms with Crippen molar-refractivity contribution >= 4 is 34.8 Å². The molecule has 1 aromatic carbocycles. The first-order chi connectivity index (χ1) is 12.9. The van der Waals surface area contributed by atoms with E-state index in [0.717, 1.165) is 5.69 Å². The van der Waals surface area contributed by atoms with E-state index >= 15 is 0 Å². The van der Waals surface area contributed by atoms with E-state index in [1.165, 1.54) is 38.2 Å². The third kappa shape index (κ3) is 6.71. The second-order valence-electron chi connectivity index (χ2n) is 6.96. The molecule has 1 aliphatic rings. The molecule has 1 atom stereocenters. The number of hydrogen-bond acceptors (Lipinski definition) is 2. The maximum absolute atomic E-state index is 12.2. The summed E-state index contributed by atoms with van der Waals surface area (Å²) in [5.41, 5.74) is 1.41. The van der Waals surface area contributed by atoms with Crippen molar-refractivity contribution in [1.29, 1.82) is 0 Å². The first-order valence-corrected chi connectivity index (χ1v) is 10.0.